The van der Waals surface area contributed by atoms with Gasteiger partial charge in [0.25, 0.3) is 10.0 Å². The third kappa shape index (κ3) is 5.79. The zero-order chi connectivity index (χ0) is 24.2. The number of benzene rings is 3. The van der Waals surface area contributed by atoms with Gasteiger partial charge < -0.3 is 10.1 Å². The van der Waals surface area contributed by atoms with Crippen molar-refractivity contribution < 1.29 is 17.9 Å². The average Bonchev–Trinajstić information content (AvgIpc) is 2.75. The molecule has 0 saturated heterocycles. The molecule has 174 valence electrons. The first kappa shape index (κ1) is 24.9. The fourth-order valence-corrected chi connectivity index (χ4v) is 5.47. The molecular weight excluding hydrogens is 483 g/mol. The Labute approximate surface area is 204 Å². The van der Waals surface area contributed by atoms with Crippen molar-refractivity contribution in [2.45, 2.75) is 25.7 Å². The number of aryl methyl sites for hydroxylation is 1. The number of hydrogen-bond donors (Lipinski definition) is 1. The summed E-state index contributed by atoms with van der Waals surface area (Å²) in [6.45, 7) is 5.64. The topological polar surface area (TPSA) is 75.7 Å². The number of nitrogens with one attached hydrogen (secondary N) is 1. The van der Waals surface area contributed by atoms with E-state index < -0.39 is 22.5 Å². The highest BCUT2D eigenvalue weighted by molar-refractivity contribution is 7.93. The van der Waals surface area contributed by atoms with Crippen molar-refractivity contribution in [1.82, 2.24) is 0 Å². The first-order valence-electron chi connectivity index (χ1n) is 10.2. The second-order valence-corrected chi connectivity index (χ2v) is 9.99. The monoisotopic (exact) mass is 506 g/mol. The summed E-state index contributed by atoms with van der Waals surface area (Å²) in [5, 5.41) is 3.03. The standard InChI is InChI=1S/C24H24Cl2N2O4S/c1-4-32-20-11-9-19(10-12-20)27-24(29)15-28(22-7-5-6-16(2)17(22)3)33(30,31)23-13-8-18(25)14-21(23)26/h5-14H,4,15H2,1-3H3,(H,27,29). The Bertz CT molecular complexity index is 1260. The highest BCUT2D eigenvalue weighted by Crippen LogP contribution is 2.32. The van der Waals surface area contributed by atoms with E-state index in [1.807, 2.05) is 19.9 Å². The fraction of sp³-hybridized carbons (Fsp3) is 0.208. The molecule has 1 N–H and O–H groups in total. The first-order chi connectivity index (χ1) is 15.6. The number of sulfonamides is 1. The Kier molecular flexibility index (Phi) is 7.89. The quantitative estimate of drug-likeness (QED) is 0.416. The Balaban J connectivity index is 1.97. The first-order valence-corrected chi connectivity index (χ1v) is 12.4. The number of anilines is 2. The van der Waals surface area contributed by atoms with Gasteiger partial charge in [0, 0.05) is 10.7 Å². The molecule has 0 aliphatic rings. The van der Waals surface area contributed by atoms with Crippen molar-refractivity contribution in [1.29, 1.82) is 0 Å². The van der Waals surface area contributed by atoms with Crippen LogP contribution in [0.25, 0.3) is 0 Å². The van der Waals surface area contributed by atoms with Crippen molar-refractivity contribution in [3.8, 4) is 5.75 Å². The summed E-state index contributed by atoms with van der Waals surface area (Å²) >= 11 is 12.2. The predicted molar refractivity (Wildman–Crippen MR) is 133 cm³/mol. The van der Waals surface area contributed by atoms with Gasteiger partial charge in [0.15, 0.2) is 0 Å². The molecule has 0 aromatic heterocycles. The van der Waals surface area contributed by atoms with Gasteiger partial charge in [-0.3, -0.25) is 9.10 Å². The molecule has 0 bridgehead atoms. The largest absolute Gasteiger partial charge is 0.494 e. The van der Waals surface area contributed by atoms with Crippen LogP contribution < -0.4 is 14.4 Å². The van der Waals surface area contributed by atoms with Crippen LogP contribution in [0.3, 0.4) is 0 Å². The van der Waals surface area contributed by atoms with E-state index in [0.717, 1.165) is 15.4 Å². The minimum absolute atomic E-state index is 0.0234. The Morgan fingerprint density at radius 2 is 1.73 bits per heavy atom. The lowest BCUT2D eigenvalue weighted by Crippen LogP contribution is -2.38. The molecule has 0 saturated carbocycles. The maximum atomic E-state index is 13.6. The number of amides is 1. The highest BCUT2D eigenvalue weighted by atomic mass is 35.5. The number of carbonyl (C=O) groups is 1. The van der Waals surface area contributed by atoms with E-state index in [9.17, 15) is 13.2 Å². The molecule has 3 aromatic rings. The average molecular weight is 507 g/mol. The fourth-order valence-electron chi connectivity index (χ4n) is 3.24. The van der Waals surface area contributed by atoms with Crippen LogP contribution in [-0.2, 0) is 14.8 Å². The summed E-state index contributed by atoms with van der Waals surface area (Å²) in [4.78, 5) is 12.8. The summed E-state index contributed by atoms with van der Waals surface area (Å²) in [6.07, 6.45) is 0. The third-order valence-electron chi connectivity index (χ3n) is 5.04. The van der Waals surface area contributed by atoms with Gasteiger partial charge in [0.1, 0.15) is 17.2 Å². The number of ether oxygens (including phenoxy) is 1. The molecule has 0 radical (unpaired) electrons. The Morgan fingerprint density at radius 3 is 2.36 bits per heavy atom. The van der Waals surface area contributed by atoms with Crippen LogP contribution in [0.2, 0.25) is 10.0 Å². The van der Waals surface area contributed by atoms with Crippen molar-refractivity contribution in [2.24, 2.45) is 0 Å². The minimum Gasteiger partial charge on any atom is -0.494 e. The molecule has 0 spiro atoms. The van der Waals surface area contributed by atoms with Crippen LogP contribution in [0, 0.1) is 13.8 Å². The normalized spacial score (nSPS) is 11.2. The van der Waals surface area contributed by atoms with Crippen LogP contribution in [0.1, 0.15) is 18.1 Å². The summed E-state index contributed by atoms with van der Waals surface area (Å²) in [6, 6.07) is 16.3. The molecule has 0 atom stereocenters. The van der Waals surface area contributed by atoms with Gasteiger partial charge in [0.2, 0.25) is 5.91 Å². The van der Waals surface area contributed by atoms with Crippen LogP contribution in [-0.4, -0.2) is 27.5 Å². The lowest BCUT2D eigenvalue weighted by atomic mass is 10.1. The molecular formula is C24H24Cl2N2O4S. The zero-order valence-electron chi connectivity index (χ0n) is 18.4. The van der Waals surface area contributed by atoms with E-state index >= 15 is 0 Å². The molecule has 3 rings (SSSR count). The van der Waals surface area contributed by atoms with E-state index in [-0.39, 0.29) is 9.92 Å². The van der Waals surface area contributed by atoms with Crippen LogP contribution >= 0.6 is 23.2 Å². The molecule has 0 fully saturated rings. The van der Waals surface area contributed by atoms with Crippen molar-refractivity contribution in [2.75, 3.05) is 22.8 Å². The molecule has 0 heterocycles. The van der Waals surface area contributed by atoms with E-state index in [0.29, 0.717) is 28.8 Å². The van der Waals surface area contributed by atoms with Gasteiger partial charge in [-0.25, -0.2) is 8.42 Å². The van der Waals surface area contributed by atoms with Crippen molar-refractivity contribution in [3.05, 3.63) is 81.8 Å². The lowest BCUT2D eigenvalue weighted by molar-refractivity contribution is -0.114. The summed E-state index contributed by atoms with van der Waals surface area (Å²) in [7, 11) is -4.18. The van der Waals surface area contributed by atoms with E-state index in [1.54, 1.807) is 43.3 Å². The zero-order valence-corrected chi connectivity index (χ0v) is 20.8. The van der Waals surface area contributed by atoms with Gasteiger partial charge in [0.05, 0.1) is 17.3 Å². The lowest BCUT2D eigenvalue weighted by Gasteiger charge is -2.26. The van der Waals surface area contributed by atoms with Crippen LogP contribution in [0.4, 0.5) is 11.4 Å². The van der Waals surface area contributed by atoms with Crippen LogP contribution in [0.15, 0.2) is 65.6 Å². The van der Waals surface area contributed by atoms with Crippen molar-refractivity contribution in [3.63, 3.8) is 0 Å². The molecule has 0 aliphatic heterocycles. The van der Waals surface area contributed by atoms with Crippen molar-refractivity contribution >= 4 is 50.5 Å². The molecule has 9 heteroatoms. The minimum atomic E-state index is -4.18. The van der Waals surface area contributed by atoms with Gasteiger partial charge in [-0.15, -0.1) is 0 Å². The highest BCUT2D eigenvalue weighted by Gasteiger charge is 2.30. The molecule has 0 unspecified atom stereocenters. The third-order valence-corrected chi connectivity index (χ3v) is 7.52. The van der Waals surface area contributed by atoms with Gasteiger partial charge in [-0.05, 0) is 80.4 Å². The van der Waals surface area contributed by atoms with Gasteiger partial charge in [-0.1, -0.05) is 35.3 Å². The summed E-state index contributed by atoms with van der Waals surface area (Å²) < 4.78 is 33.7. The molecule has 0 aliphatic carbocycles. The Hall–Kier alpha value is -2.74. The molecule has 1 amide bonds. The molecule has 6 nitrogen and oxygen atoms in total. The van der Waals surface area contributed by atoms with E-state index in [1.165, 1.54) is 18.2 Å². The summed E-state index contributed by atoms with van der Waals surface area (Å²) in [5.74, 6) is 0.168. The molecule has 33 heavy (non-hydrogen) atoms. The smallest absolute Gasteiger partial charge is 0.266 e. The van der Waals surface area contributed by atoms with Gasteiger partial charge >= 0.3 is 0 Å². The number of halogens is 2. The van der Waals surface area contributed by atoms with Crippen LogP contribution in [0.5, 0.6) is 5.75 Å². The summed E-state index contributed by atoms with van der Waals surface area (Å²) in [5.41, 5.74) is 2.54. The van der Waals surface area contributed by atoms with Gasteiger partial charge in [-0.2, -0.15) is 0 Å². The predicted octanol–water partition coefficient (Wildman–Crippen LogP) is 5.84. The van der Waals surface area contributed by atoms with E-state index in [4.69, 9.17) is 27.9 Å². The van der Waals surface area contributed by atoms with E-state index in [2.05, 4.69) is 5.32 Å². The number of hydrogen-bond acceptors (Lipinski definition) is 4. The second kappa shape index (κ2) is 10.5. The maximum absolute atomic E-state index is 13.6. The SMILES string of the molecule is CCOc1ccc(NC(=O)CN(c2cccc(C)c2C)S(=O)(=O)c2ccc(Cl)cc2Cl)cc1. The second-order valence-electron chi connectivity index (χ2n) is 7.31. The number of carbonyl (C=O) groups excluding carboxylic acids is 1. The maximum Gasteiger partial charge on any atom is 0.266 e. The Morgan fingerprint density at radius 1 is 1.03 bits per heavy atom. The number of rotatable bonds is 8. The molecule has 3 aromatic carbocycles. The number of nitrogens with zero attached hydrogens (tertiary/aromatic N) is 1.